The van der Waals surface area contributed by atoms with Crippen molar-refractivity contribution in [2.75, 3.05) is 16.3 Å². The highest BCUT2D eigenvalue weighted by molar-refractivity contribution is 7.92. The highest BCUT2D eigenvalue weighted by atomic mass is 32.2. The molecule has 0 bridgehead atoms. The van der Waals surface area contributed by atoms with E-state index in [1.54, 1.807) is 47.6 Å². The van der Waals surface area contributed by atoms with E-state index in [9.17, 15) is 13.2 Å². The van der Waals surface area contributed by atoms with E-state index >= 15 is 0 Å². The summed E-state index contributed by atoms with van der Waals surface area (Å²) in [6, 6.07) is 27.7. The van der Waals surface area contributed by atoms with Crippen LogP contribution in [0.2, 0.25) is 0 Å². The minimum Gasteiger partial charge on any atom is -0.467 e. The van der Waals surface area contributed by atoms with Crippen LogP contribution in [0.4, 0.5) is 11.4 Å². The van der Waals surface area contributed by atoms with Gasteiger partial charge in [0.25, 0.3) is 15.9 Å². The molecule has 0 radical (unpaired) electrons. The minimum absolute atomic E-state index is 0.109. The predicted octanol–water partition coefficient (Wildman–Crippen LogP) is 4.95. The van der Waals surface area contributed by atoms with Gasteiger partial charge in [-0.3, -0.25) is 9.10 Å². The number of rotatable bonds is 7. The third-order valence-electron chi connectivity index (χ3n) is 5.09. The van der Waals surface area contributed by atoms with Crippen molar-refractivity contribution >= 4 is 27.3 Å². The van der Waals surface area contributed by atoms with Gasteiger partial charge in [-0.1, -0.05) is 36.4 Å². The van der Waals surface area contributed by atoms with Crippen molar-refractivity contribution in [3.8, 4) is 0 Å². The summed E-state index contributed by atoms with van der Waals surface area (Å²) >= 11 is 0. The molecule has 3 aromatic carbocycles. The van der Waals surface area contributed by atoms with Gasteiger partial charge in [-0.15, -0.1) is 0 Å². The molecule has 0 N–H and O–H groups in total. The second kappa shape index (κ2) is 9.11. The van der Waals surface area contributed by atoms with Gasteiger partial charge in [-0.05, 0) is 60.7 Å². The van der Waals surface area contributed by atoms with Gasteiger partial charge in [0.2, 0.25) is 0 Å². The standard InChI is InChI=1S/C25H22N2O4S/c1-26(21-9-4-2-5-10-21)32(29,30)24-16-14-20(15-17-24)25(28)27(19-23-13-8-18-31-23)22-11-6-3-7-12-22/h2-18H,19H2,1H3. The maximum Gasteiger partial charge on any atom is 0.264 e. The molecular weight excluding hydrogens is 424 g/mol. The smallest absolute Gasteiger partial charge is 0.264 e. The summed E-state index contributed by atoms with van der Waals surface area (Å²) in [5, 5.41) is 0. The number of carbonyl (C=O) groups is 1. The number of nitrogens with zero attached hydrogens (tertiary/aromatic N) is 2. The quantitative estimate of drug-likeness (QED) is 0.403. The van der Waals surface area contributed by atoms with Crippen molar-refractivity contribution in [3.63, 3.8) is 0 Å². The molecule has 4 rings (SSSR count). The molecule has 7 heteroatoms. The van der Waals surface area contributed by atoms with Crippen molar-refractivity contribution in [3.05, 3.63) is 115 Å². The molecule has 0 atom stereocenters. The predicted molar refractivity (Wildman–Crippen MR) is 124 cm³/mol. The molecule has 0 spiro atoms. The first kappa shape index (κ1) is 21.4. The van der Waals surface area contributed by atoms with Crippen LogP contribution in [0.25, 0.3) is 0 Å². The Kier molecular flexibility index (Phi) is 6.09. The lowest BCUT2D eigenvalue weighted by atomic mass is 10.1. The van der Waals surface area contributed by atoms with Crippen molar-refractivity contribution in [1.29, 1.82) is 0 Å². The number of anilines is 2. The van der Waals surface area contributed by atoms with E-state index in [-0.39, 0.29) is 17.3 Å². The van der Waals surface area contributed by atoms with Crippen molar-refractivity contribution in [2.24, 2.45) is 0 Å². The van der Waals surface area contributed by atoms with Gasteiger partial charge in [-0.2, -0.15) is 0 Å². The molecule has 4 aromatic rings. The Bertz CT molecular complexity index is 1270. The van der Waals surface area contributed by atoms with Crippen LogP contribution in [0.1, 0.15) is 16.1 Å². The normalized spacial score (nSPS) is 11.2. The van der Waals surface area contributed by atoms with Crippen LogP contribution in [0.15, 0.2) is 113 Å². The monoisotopic (exact) mass is 446 g/mol. The second-order valence-electron chi connectivity index (χ2n) is 7.14. The molecule has 0 unspecified atom stereocenters. The lowest BCUT2D eigenvalue weighted by molar-refractivity contribution is 0.0983. The molecule has 0 fully saturated rings. The van der Waals surface area contributed by atoms with Crippen LogP contribution in [0, 0.1) is 0 Å². The first-order chi connectivity index (χ1) is 15.5. The highest BCUT2D eigenvalue weighted by Gasteiger charge is 2.23. The fourth-order valence-electron chi connectivity index (χ4n) is 3.31. The fraction of sp³-hybridized carbons (Fsp3) is 0.0800. The summed E-state index contributed by atoms with van der Waals surface area (Å²) in [6.45, 7) is 0.257. The van der Waals surface area contributed by atoms with Crippen LogP contribution in [0.5, 0.6) is 0 Å². The maximum absolute atomic E-state index is 13.3. The Morgan fingerprint density at radius 2 is 1.38 bits per heavy atom. The zero-order chi connectivity index (χ0) is 22.6. The van der Waals surface area contributed by atoms with Gasteiger partial charge in [0, 0.05) is 18.3 Å². The molecule has 6 nitrogen and oxygen atoms in total. The molecule has 32 heavy (non-hydrogen) atoms. The molecule has 1 heterocycles. The molecular formula is C25H22N2O4S. The molecule has 0 aliphatic rings. The Labute approximate surface area is 187 Å². The van der Waals surface area contributed by atoms with Gasteiger partial charge in [0.1, 0.15) is 5.76 Å². The largest absolute Gasteiger partial charge is 0.467 e. The molecule has 1 aromatic heterocycles. The Morgan fingerprint density at radius 1 is 0.781 bits per heavy atom. The Hall–Kier alpha value is -3.84. The molecule has 0 aliphatic carbocycles. The van der Waals surface area contributed by atoms with Crippen LogP contribution in [0.3, 0.4) is 0 Å². The average Bonchev–Trinajstić information content (AvgIpc) is 3.36. The van der Waals surface area contributed by atoms with E-state index in [4.69, 9.17) is 4.42 Å². The fourth-order valence-corrected chi connectivity index (χ4v) is 4.50. The summed E-state index contributed by atoms with van der Waals surface area (Å²) in [5.74, 6) is 0.388. The zero-order valence-corrected chi connectivity index (χ0v) is 18.3. The summed E-state index contributed by atoms with van der Waals surface area (Å²) < 4.78 is 32.6. The third kappa shape index (κ3) is 4.43. The van der Waals surface area contributed by atoms with Gasteiger partial charge in [0.05, 0.1) is 23.4 Å². The number of hydrogen-bond acceptors (Lipinski definition) is 4. The number of para-hydroxylation sites is 2. The number of carbonyl (C=O) groups excluding carboxylic acids is 1. The van der Waals surface area contributed by atoms with Crippen LogP contribution in [-0.4, -0.2) is 21.4 Å². The second-order valence-corrected chi connectivity index (χ2v) is 9.11. The van der Waals surface area contributed by atoms with E-state index in [1.807, 2.05) is 36.4 Å². The number of hydrogen-bond donors (Lipinski definition) is 0. The van der Waals surface area contributed by atoms with E-state index in [2.05, 4.69) is 0 Å². The molecule has 0 saturated heterocycles. The summed E-state index contributed by atoms with van der Waals surface area (Å²) in [7, 11) is -2.25. The van der Waals surface area contributed by atoms with E-state index < -0.39 is 10.0 Å². The van der Waals surface area contributed by atoms with Crippen molar-refractivity contribution < 1.29 is 17.6 Å². The molecule has 162 valence electrons. The number of benzene rings is 3. The van der Waals surface area contributed by atoms with E-state index in [1.165, 1.54) is 35.6 Å². The number of furan rings is 1. The summed E-state index contributed by atoms with van der Waals surface area (Å²) in [6.07, 6.45) is 1.56. The highest BCUT2D eigenvalue weighted by Crippen LogP contribution is 2.24. The zero-order valence-electron chi connectivity index (χ0n) is 17.5. The first-order valence-electron chi connectivity index (χ1n) is 10.00. The number of amides is 1. The minimum atomic E-state index is -3.75. The summed E-state index contributed by atoms with van der Waals surface area (Å²) in [5.41, 5.74) is 1.65. The number of sulfonamides is 1. The van der Waals surface area contributed by atoms with E-state index in [0.29, 0.717) is 17.0 Å². The topological polar surface area (TPSA) is 70.8 Å². The lowest BCUT2D eigenvalue weighted by Crippen LogP contribution is -2.30. The Morgan fingerprint density at radius 3 is 1.94 bits per heavy atom. The lowest BCUT2D eigenvalue weighted by Gasteiger charge is -2.22. The molecule has 0 aliphatic heterocycles. The molecule has 0 saturated carbocycles. The van der Waals surface area contributed by atoms with Gasteiger partial charge in [0.15, 0.2) is 0 Å². The van der Waals surface area contributed by atoms with Gasteiger partial charge < -0.3 is 9.32 Å². The maximum atomic E-state index is 13.3. The van der Waals surface area contributed by atoms with Gasteiger partial charge >= 0.3 is 0 Å². The first-order valence-corrected chi connectivity index (χ1v) is 11.4. The van der Waals surface area contributed by atoms with Crippen LogP contribution in [-0.2, 0) is 16.6 Å². The van der Waals surface area contributed by atoms with Crippen molar-refractivity contribution in [2.45, 2.75) is 11.4 Å². The SMILES string of the molecule is CN(c1ccccc1)S(=O)(=O)c1ccc(C(=O)N(Cc2ccco2)c2ccccc2)cc1. The average molecular weight is 447 g/mol. The van der Waals surface area contributed by atoms with Crippen LogP contribution >= 0.6 is 0 Å². The van der Waals surface area contributed by atoms with Gasteiger partial charge in [-0.25, -0.2) is 8.42 Å². The summed E-state index contributed by atoms with van der Waals surface area (Å²) in [4.78, 5) is 15.0. The third-order valence-corrected chi connectivity index (χ3v) is 6.89. The van der Waals surface area contributed by atoms with E-state index in [0.717, 1.165) is 5.69 Å². The van der Waals surface area contributed by atoms with Crippen molar-refractivity contribution in [1.82, 2.24) is 0 Å². The Balaban J connectivity index is 1.61. The molecule has 1 amide bonds. The van der Waals surface area contributed by atoms with Crippen LogP contribution < -0.4 is 9.21 Å².